The molecule has 1 heteroatoms. The minimum atomic E-state index is 1.17. The Hall–Kier alpha value is -3.84. The molecule has 1 aromatic heterocycles. The monoisotopic (exact) mass is 371 g/mol. The van der Waals surface area contributed by atoms with Crippen LogP contribution in [-0.4, -0.2) is 4.98 Å². The van der Waals surface area contributed by atoms with Gasteiger partial charge in [-0.05, 0) is 34.4 Å². The van der Waals surface area contributed by atoms with Crippen LogP contribution in [0.2, 0.25) is 0 Å². The lowest BCUT2D eigenvalue weighted by molar-refractivity contribution is 1.53. The van der Waals surface area contributed by atoms with Crippen LogP contribution < -0.4 is 0 Å². The molecule has 5 aromatic rings. The molecule has 0 saturated carbocycles. The van der Waals surface area contributed by atoms with Gasteiger partial charge in [-0.15, -0.1) is 0 Å². The summed E-state index contributed by atoms with van der Waals surface area (Å²) in [5.41, 5.74) is 7.13. The highest BCUT2D eigenvalue weighted by atomic mass is 14.7. The van der Waals surface area contributed by atoms with E-state index in [9.17, 15) is 0 Å². The molecule has 1 N–H and O–H groups in total. The van der Waals surface area contributed by atoms with E-state index in [4.69, 9.17) is 0 Å². The van der Waals surface area contributed by atoms with Gasteiger partial charge in [0.05, 0.1) is 0 Å². The van der Waals surface area contributed by atoms with E-state index in [1.54, 1.807) is 0 Å². The van der Waals surface area contributed by atoms with Crippen molar-refractivity contribution < 1.29 is 0 Å². The van der Waals surface area contributed by atoms with Crippen LogP contribution in [0.5, 0.6) is 0 Å². The Kier molecular flexibility index (Phi) is 4.56. The molecule has 4 aromatic carbocycles. The second-order valence-corrected chi connectivity index (χ2v) is 7.22. The molecule has 0 unspecified atom stereocenters. The average Bonchev–Trinajstić information content (AvgIpc) is 3.14. The molecule has 0 bridgehead atoms. The minimum Gasteiger partial charge on any atom is -0.354 e. The first-order chi connectivity index (χ1) is 14.3. The highest BCUT2D eigenvalue weighted by Gasteiger charge is 2.05. The molecule has 0 aliphatic heterocycles. The zero-order chi connectivity index (χ0) is 19.5. The Morgan fingerprint density at radius 2 is 0.828 bits per heavy atom. The fourth-order valence-corrected chi connectivity index (χ4v) is 3.67. The topological polar surface area (TPSA) is 15.8 Å². The Balaban J connectivity index is 1.46. The molecule has 29 heavy (non-hydrogen) atoms. The van der Waals surface area contributed by atoms with Crippen molar-refractivity contribution in [1.29, 1.82) is 0 Å². The normalized spacial score (nSPS) is 11.9. The van der Waals surface area contributed by atoms with Gasteiger partial charge in [0.25, 0.3) is 0 Å². The summed E-state index contributed by atoms with van der Waals surface area (Å²) in [6.45, 7) is 0. The Bertz CT molecular complexity index is 1220. The van der Waals surface area contributed by atoms with Crippen molar-refractivity contribution in [3.63, 3.8) is 0 Å². The first-order valence-electron chi connectivity index (χ1n) is 9.87. The van der Waals surface area contributed by atoms with E-state index in [0.29, 0.717) is 0 Å². The van der Waals surface area contributed by atoms with E-state index in [0.717, 1.165) is 0 Å². The Morgan fingerprint density at radius 1 is 0.414 bits per heavy atom. The molecule has 0 spiro atoms. The molecule has 0 radical (unpaired) electrons. The average molecular weight is 371 g/mol. The zero-order valence-electron chi connectivity index (χ0n) is 16.0. The lowest BCUT2D eigenvalue weighted by Crippen LogP contribution is -1.74. The second kappa shape index (κ2) is 7.65. The second-order valence-electron chi connectivity index (χ2n) is 7.22. The largest absolute Gasteiger partial charge is 0.354 e. The van der Waals surface area contributed by atoms with Crippen molar-refractivity contribution in [2.24, 2.45) is 0 Å². The molecule has 1 heterocycles. The van der Waals surface area contributed by atoms with Crippen molar-refractivity contribution in [3.05, 3.63) is 119 Å². The maximum Gasteiger partial charge on any atom is 0.0470 e. The molecule has 0 aliphatic carbocycles. The van der Waals surface area contributed by atoms with Crippen LogP contribution in [0.3, 0.4) is 0 Å². The predicted octanol–water partition coefficient (Wildman–Crippen LogP) is 7.66. The van der Waals surface area contributed by atoms with Crippen LogP contribution >= 0.6 is 0 Å². The first-order valence-corrected chi connectivity index (χ1v) is 9.87. The summed E-state index contributed by atoms with van der Waals surface area (Å²) in [5, 5.41) is 2.52. The summed E-state index contributed by atoms with van der Waals surface area (Å²) in [6, 6.07) is 34.0. The summed E-state index contributed by atoms with van der Waals surface area (Å²) in [4.78, 5) is 3.59. The number of nitrogens with one attached hydrogen (secondary N) is 1. The number of fused-ring (bicyclic) bond motifs is 3. The van der Waals surface area contributed by atoms with E-state index in [2.05, 4.69) is 114 Å². The molecule has 0 fully saturated rings. The predicted molar refractivity (Wildman–Crippen MR) is 127 cm³/mol. The standard InChI is InChI=1S/C28H21N/c1-3-7-21(8-4-1)11-13-23-15-17-25-26-18-16-24(20-28(26)29-27(25)19-23)14-12-22-9-5-2-6-10-22/h1-20,29H. The smallest absolute Gasteiger partial charge is 0.0470 e. The number of hydrogen-bond donors (Lipinski definition) is 1. The quantitative estimate of drug-likeness (QED) is 0.312. The number of H-pyrrole nitrogens is 1. The maximum atomic E-state index is 3.59. The molecule has 0 amide bonds. The van der Waals surface area contributed by atoms with Crippen LogP contribution in [0.15, 0.2) is 97.1 Å². The summed E-state index contributed by atoms with van der Waals surface area (Å²) in [5.74, 6) is 0. The van der Waals surface area contributed by atoms with Gasteiger partial charge in [0.1, 0.15) is 0 Å². The number of aromatic amines is 1. The summed E-state index contributed by atoms with van der Waals surface area (Å²) in [7, 11) is 0. The van der Waals surface area contributed by atoms with Gasteiger partial charge >= 0.3 is 0 Å². The van der Waals surface area contributed by atoms with Crippen LogP contribution in [0.1, 0.15) is 22.3 Å². The lowest BCUT2D eigenvalue weighted by atomic mass is 10.1. The van der Waals surface area contributed by atoms with E-state index in [1.165, 1.54) is 44.1 Å². The molecule has 0 atom stereocenters. The molecule has 1 nitrogen and oxygen atoms in total. The van der Waals surface area contributed by atoms with Gasteiger partial charge in [-0.1, -0.05) is 109 Å². The molecular formula is C28H21N. The third kappa shape index (κ3) is 3.76. The zero-order valence-corrected chi connectivity index (χ0v) is 16.0. The van der Waals surface area contributed by atoms with Crippen molar-refractivity contribution in [3.8, 4) is 0 Å². The van der Waals surface area contributed by atoms with Gasteiger partial charge in [-0.3, -0.25) is 0 Å². The van der Waals surface area contributed by atoms with Crippen molar-refractivity contribution >= 4 is 46.1 Å². The molecule has 138 valence electrons. The van der Waals surface area contributed by atoms with Crippen LogP contribution in [0.4, 0.5) is 0 Å². The minimum absolute atomic E-state index is 1.17. The van der Waals surface area contributed by atoms with Gasteiger partial charge in [0, 0.05) is 21.8 Å². The summed E-state index contributed by atoms with van der Waals surface area (Å²) in [6.07, 6.45) is 8.62. The third-order valence-electron chi connectivity index (χ3n) is 5.18. The Labute approximate surface area is 170 Å². The van der Waals surface area contributed by atoms with E-state index in [1.807, 2.05) is 12.1 Å². The summed E-state index contributed by atoms with van der Waals surface area (Å²) >= 11 is 0. The highest BCUT2D eigenvalue weighted by molar-refractivity contribution is 6.08. The SMILES string of the molecule is C(=Cc1ccc2c(c1)[nH]c1cc(C=Cc3ccccc3)ccc12)c1ccccc1. The van der Waals surface area contributed by atoms with Gasteiger partial charge in [0.15, 0.2) is 0 Å². The molecular weight excluding hydrogens is 350 g/mol. The van der Waals surface area contributed by atoms with Crippen molar-refractivity contribution in [2.45, 2.75) is 0 Å². The van der Waals surface area contributed by atoms with Gasteiger partial charge in [-0.2, -0.15) is 0 Å². The summed E-state index contributed by atoms with van der Waals surface area (Å²) < 4.78 is 0. The molecule has 0 saturated heterocycles. The number of aromatic nitrogens is 1. The van der Waals surface area contributed by atoms with Crippen molar-refractivity contribution in [2.75, 3.05) is 0 Å². The maximum absolute atomic E-state index is 3.59. The van der Waals surface area contributed by atoms with Gasteiger partial charge in [0.2, 0.25) is 0 Å². The van der Waals surface area contributed by atoms with Crippen LogP contribution in [-0.2, 0) is 0 Å². The number of rotatable bonds is 4. The fourth-order valence-electron chi connectivity index (χ4n) is 3.67. The van der Waals surface area contributed by atoms with E-state index >= 15 is 0 Å². The third-order valence-corrected chi connectivity index (χ3v) is 5.18. The van der Waals surface area contributed by atoms with Crippen molar-refractivity contribution in [1.82, 2.24) is 4.98 Å². The molecule has 0 aliphatic rings. The Morgan fingerprint density at radius 3 is 1.28 bits per heavy atom. The van der Waals surface area contributed by atoms with Crippen LogP contribution in [0, 0.1) is 0 Å². The highest BCUT2D eigenvalue weighted by Crippen LogP contribution is 2.28. The van der Waals surface area contributed by atoms with E-state index < -0.39 is 0 Å². The lowest BCUT2D eigenvalue weighted by Gasteiger charge is -1.97. The van der Waals surface area contributed by atoms with Gasteiger partial charge in [-0.25, -0.2) is 0 Å². The van der Waals surface area contributed by atoms with E-state index in [-0.39, 0.29) is 0 Å². The fraction of sp³-hybridized carbons (Fsp3) is 0. The first kappa shape index (κ1) is 17.3. The number of benzene rings is 4. The van der Waals surface area contributed by atoms with Gasteiger partial charge < -0.3 is 4.98 Å². The number of hydrogen-bond acceptors (Lipinski definition) is 0. The molecule has 5 rings (SSSR count). The van der Waals surface area contributed by atoms with Crippen LogP contribution in [0.25, 0.3) is 46.1 Å².